The molecule has 1 saturated heterocycles. The Morgan fingerprint density at radius 3 is 2.00 bits per heavy atom. The highest BCUT2D eigenvalue weighted by molar-refractivity contribution is 6.74. The molecule has 4 N–H and O–H groups in total. The Morgan fingerprint density at radius 1 is 0.927 bits per heavy atom. The number of azide groups is 1. The van der Waals surface area contributed by atoms with Crippen LogP contribution in [0.2, 0.25) is 18.1 Å². The Hall–Kier alpha value is -1.01. The molecule has 1 aliphatic heterocycles. The molecule has 10 nitrogen and oxygen atoms in total. The van der Waals surface area contributed by atoms with Crippen molar-refractivity contribution in [2.75, 3.05) is 13.2 Å². The molecule has 0 amide bonds. The molecule has 0 aliphatic carbocycles. The number of rotatable bonds is 21. The summed E-state index contributed by atoms with van der Waals surface area (Å²) in [5.74, 6) is 0. The number of hydrogen-bond acceptors (Lipinski definition) is 8. The minimum Gasteiger partial charge on any atom is -0.410 e. The fraction of sp³-hybridized carbons (Fsp3) is 0.933. The Labute approximate surface area is 249 Å². The molecule has 0 radical (unpaired) electrons. The number of ether oxygens (including phenoxy) is 2. The average molecular weight is 602 g/mol. The second kappa shape index (κ2) is 20.0. The van der Waals surface area contributed by atoms with Crippen LogP contribution in [-0.4, -0.2) is 84.8 Å². The first-order valence-corrected chi connectivity index (χ1v) is 18.6. The first-order valence-electron chi connectivity index (χ1n) is 15.7. The zero-order valence-corrected chi connectivity index (χ0v) is 27.5. The summed E-state index contributed by atoms with van der Waals surface area (Å²) in [7, 11) is -2.26. The van der Waals surface area contributed by atoms with Crippen LogP contribution in [0.25, 0.3) is 10.4 Å². The Kier molecular flexibility index (Phi) is 18.6. The Morgan fingerprint density at radius 2 is 1.49 bits per heavy atom. The van der Waals surface area contributed by atoms with E-state index in [0.717, 1.165) is 12.8 Å². The lowest BCUT2D eigenvalue weighted by molar-refractivity contribution is -0.302. The average Bonchev–Trinajstić information content (AvgIpc) is 2.92. The van der Waals surface area contributed by atoms with Crippen LogP contribution in [0.4, 0.5) is 0 Å². The summed E-state index contributed by atoms with van der Waals surface area (Å²) in [5, 5.41) is 43.8. The van der Waals surface area contributed by atoms with Crippen LogP contribution in [0, 0.1) is 0 Å². The molecule has 7 atom stereocenters. The lowest BCUT2D eigenvalue weighted by atomic mass is 9.99. The quantitative estimate of drug-likeness (QED) is 0.0308. The SMILES string of the molecule is CCCCCCCCCCCCC/C=C/[C@@H](O[Si](C)(C)C(C)(C)C)[C@H](CO[C@H]1O[C@H](CO)[C@H](O)[C@H](O)[C@H]1O)N=[N+]=[N-]. The maximum atomic E-state index is 10.3. The zero-order valence-electron chi connectivity index (χ0n) is 26.5. The summed E-state index contributed by atoms with van der Waals surface area (Å²) >= 11 is 0. The maximum Gasteiger partial charge on any atom is 0.192 e. The van der Waals surface area contributed by atoms with Crippen LogP contribution in [0.15, 0.2) is 17.3 Å². The zero-order chi connectivity index (χ0) is 30.9. The maximum absolute atomic E-state index is 10.3. The number of allylic oxidation sites excluding steroid dienone is 1. The van der Waals surface area contributed by atoms with Gasteiger partial charge in [-0.1, -0.05) is 109 Å². The van der Waals surface area contributed by atoms with Gasteiger partial charge in [0, 0.05) is 4.91 Å². The highest BCUT2D eigenvalue weighted by Gasteiger charge is 2.45. The topological polar surface area (TPSA) is 157 Å². The summed E-state index contributed by atoms with van der Waals surface area (Å²) in [6, 6.07) is -0.755. The highest BCUT2D eigenvalue weighted by atomic mass is 28.4. The van der Waals surface area contributed by atoms with Crippen molar-refractivity contribution in [2.45, 2.75) is 166 Å². The third kappa shape index (κ3) is 13.9. The van der Waals surface area contributed by atoms with Gasteiger partial charge in [-0.25, -0.2) is 0 Å². The summed E-state index contributed by atoms with van der Waals surface area (Å²) < 4.78 is 17.8. The Balaban J connectivity index is 2.74. The summed E-state index contributed by atoms with van der Waals surface area (Å²) in [5.41, 5.74) is 9.32. The lowest BCUT2D eigenvalue weighted by Crippen LogP contribution is -2.59. The summed E-state index contributed by atoms with van der Waals surface area (Å²) in [6.45, 7) is 12.2. The van der Waals surface area contributed by atoms with E-state index in [1.165, 1.54) is 64.2 Å². The van der Waals surface area contributed by atoms with Crippen molar-refractivity contribution in [2.24, 2.45) is 5.11 Å². The van der Waals surface area contributed by atoms with Crippen LogP contribution in [0.3, 0.4) is 0 Å². The largest absolute Gasteiger partial charge is 0.410 e. The van der Waals surface area contributed by atoms with Crippen LogP contribution in [0.1, 0.15) is 105 Å². The fourth-order valence-electron chi connectivity index (χ4n) is 4.58. The number of aliphatic hydroxyl groups is 4. The first-order chi connectivity index (χ1) is 19.4. The molecule has 1 aliphatic rings. The van der Waals surface area contributed by atoms with Gasteiger partial charge < -0.3 is 34.3 Å². The van der Waals surface area contributed by atoms with Crippen LogP contribution >= 0.6 is 0 Å². The van der Waals surface area contributed by atoms with Crippen molar-refractivity contribution in [1.29, 1.82) is 0 Å². The predicted molar refractivity (Wildman–Crippen MR) is 165 cm³/mol. The van der Waals surface area contributed by atoms with Crippen molar-refractivity contribution >= 4 is 8.32 Å². The van der Waals surface area contributed by atoms with Gasteiger partial charge in [-0.3, -0.25) is 0 Å². The second-order valence-electron chi connectivity index (χ2n) is 12.9. The third-order valence-electron chi connectivity index (χ3n) is 8.40. The van der Waals surface area contributed by atoms with Gasteiger partial charge in [0.15, 0.2) is 14.6 Å². The van der Waals surface area contributed by atoms with Crippen molar-refractivity contribution in [3.05, 3.63) is 22.6 Å². The molecule has 0 unspecified atom stereocenters. The van der Waals surface area contributed by atoms with Gasteiger partial charge in [0.25, 0.3) is 0 Å². The monoisotopic (exact) mass is 601 g/mol. The van der Waals surface area contributed by atoms with E-state index in [4.69, 9.17) is 13.9 Å². The van der Waals surface area contributed by atoms with Crippen molar-refractivity contribution < 1.29 is 34.3 Å². The molecule has 0 bridgehead atoms. The summed E-state index contributed by atoms with van der Waals surface area (Å²) in [6.07, 6.45) is 11.6. The molecule has 0 saturated carbocycles. The lowest BCUT2D eigenvalue weighted by Gasteiger charge is -2.41. The number of aliphatic hydroxyl groups excluding tert-OH is 4. The van der Waals surface area contributed by atoms with Crippen LogP contribution < -0.4 is 0 Å². The van der Waals surface area contributed by atoms with E-state index in [-0.39, 0.29) is 11.6 Å². The van der Waals surface area contributed by atoms with Crippen molar-refractivity contribution in [1.82, 2.24) is 0 Å². The molecule has 0 aromatic carbocycles. The van der Waals surface area contributed by atoms with Crippen LogP contribution in [-0.2, 0) is 13.9 Å². The molecule has 0 spiro atoms. The minimum atomic E-state index is -2.26. The normalized spacial score (nSPS) is 25.3. The van der Waals surface area contributed by atoms with Gasteiger partial charge in [-0.15, -0.1) is 0 Å². The van der Waals surface area contributed by atoms with E-state index in [2.05, 4.69) is 56.9 Å². The molecule has 1 fully saturated rings. The molecular weight excluding hydrogens is 542 g/mol. The van der Waals surface area contributed by atoms with E-state index >= 15 is 0 Å². The molecule has 240 valence electrons. The number of nitrogens with zero attached hydrogens (tertiary/aromatic N) is 3. The molecule has 0 aromatic heterocycles. The first kappa shape index (κ1) is 38.0. The molecule has 1 heterocycles. The minimum absolute atomic E-state index is 0.0753. The Bertz CT molecular complexity index is 772. The van der Waals surface area contributed by atoms with E-state index in [1.807, 2.05) is 6.08 Å². The smallest absolute Gasteiger partial charge is 0.192 e. The van der Waals surface area contributed by atoms with Crippen LogP contribution in [0.5, 0.6) is 0 Å². The number of unbranched alkanes of at least 4 members (excludes halogenated alkanes) is 11. The highest BCUT2D eigenvalue weighted by Crippen LogP contribution is 2.38. The summed E-state index contributed by atoms with van der Waals surface area (Å²) in [4.78, 5) is 3.02. The predicted octanol–water partition coefficient (Wildman–Crippen LogP) is 6.13. The molecule has 1 rings (SSSR count). The second-order valence-corrected chi connectivity index (χ2v) is 17.7. The molecule has 0 aromatic rings. The van der Waals surface area contributed by atoms with Gasteiger partial charge in [-0.2, -0.15) is 0 Å². The van der Waals surface area contributed by atoms with Crippen molar-refractivity contribution in [3.63, 3.8) is 0 Å². The van der Waals surface area contributed by atoms with Crippen molar-refractivity contribution in [3.8, 4) is 0 Å². The molecule has 41 heavy (non-hydrogen) atoms. The van der Waals surface area contributed by atoms with E-state index < -0.39 is 57.8 Å². The van der Waals surface area contributed by atoms with E-state index in [9.17, 15) is 26.0 Å². The fourth-order valence-corrected chi connectivity index (χ4v) is 5.85. The van der Waals surface area contributed by atoms with Gasteiger partial charge in [0.2, 0.25) is 0 Å². The van der Waals surface area contributed by atoms with Gasteiger partial charge in [0.05, 0.1) is 25.4 Å². The standard InChI is InChI=1S/C30H59N3O7Si/c1-7-8-9-10-11-12-13-14-15-16-17-18-19-20-24(40-41(5,6)30(2,3)4)23(32-33-31)22-38-29-28(37)27(36)26(35)25(21-34)39-29/h19-20,23-29,34-37H,7-18,21-22H2,1-6H3/b20-19+/t23-,24+,25+,26-,27-,28+,29-/m0/s1. The van der Waals surface area contributed by atoms with Gasteiger partial charge >= 0.3 is 0 Å². The number of hydrogen-bond donors (Lipinski definition) is 4. The molecule has 11 heteroatoms. The van der Waals surface area contributed by atoms with Gasteiger partial charge in [0.1, 0.15) is 24.4 Å². The third-order valence-corrected chi connectivity index (χ3v) is 12.9. The van der Waals surface area contributed by atoms with E-state index in [0.29, 0.717) is 0 Å². The van der Waals surface area contributed by atoms with Gasteiger partial charge in [-0.05, 0) is 36.5 Å². The molecular formula is C30H59N3O7Si. The van der Waals surface area contributed by atoms with E-state index in [1.54, 1.807) is 0 Å².